The molecule has 2 aliphatic rings. The number of nitrogens with zero attached hydrogens (tertiary/aromatic N) is 1. The molecule has 2 bridgehead atoms. The van der Waals surface area contributed by atoms with Crippen LogP contribution < -0.4 is 16.0 Å². The van der Waals surface area contributed by atoms with E-state index in [2.05, 4.69) is 20.9 Å². The topological polar surface area (TPSA) is 74.8 Å². The second-order valence-electron chi connectivity index (χ2n) is 6.17. The average Bonchev–Trinajstić information content (AvgIpc) is 3.13. The number of benzene rings is 1. The molecule has 6 heteroatoms. The second-order valence-corrected chi connectivity index (χ2v) is 6.17. The van der Waals surface area contributed by atoms with Crippen molar-refractivity contribution in [3.8, 4) is 0 Å². The maximum atomic E-state index is 11.1. The molecule has 124 valence electrons. The van der Waals surface area contributed by atoms with Gasteiger partial charge in [-0.2, -0.15) is 0 Å². The molecular weight excluding hydrogens is 292 g/mol. The zero-order chi connectivity index (χ0) is 16.2. The van der Waals surface area contributed by atoms with E-state index in [4.69, 9.17) is 4.74 Å². The van der Waals surface area contributed by atoms with Gasteiger partial charge in [-0.1, -0.05) is 12.1 Å². The Kier molecular flexibility index (Phi) is 4.81. The maximum absolute atomic E-state index is 11.1. The van der Waals surface area contributed by atoms with E-state index in [1.54, 1.807) is 7.05 Å². The van der Waals surface area contributed by atoms with Gasteiger partial charge in [0.2, 0.25) is 5.91 Å². The van der Waals surface area contributed by atoms with Crippen LogP contribution in [0.2, 0.25) is 0 Å². The van der Waals surface area contributed by atoms with Crippen molar-refractivity contribution >= 4 is 17.6 Å². The molecule has 0 aliphatic carbocycles. The van der Waals surface area contributed by atoms with E-state index >= 15 is 0 Å². The number of carbonyl (C=O) groups excluding carboxylic acids is 1. The zero-order valence-corrected chi connectivity index (χ0v) is 13.6. The van der Waals surface area contributed by atoms with Gasteiger partial charge >= 0.3 is 0 Å². The van der Waals surface area contributed by atoms with Gasteiger partial charge in [0, 0.05) is 26.2 Å². The summed E-state index contributed by atoms with van der Waals surface area (Å²) < 4.78 is 5.86. The molecule has 1 aromatic carbocycles. The number of aliphatic imine (C=N–C) groups is 1. The summed E-state index contributed by atoms with van der Waals surface area (Å²) in [4.78, 5) is 15.4. The van der Waals surface area contributed by atoms with Crippen LogP contribution in [0.15, 0.2) is 29.3 Å². The minimum atomic E-state index is -0.0659. The van der Waals surface area contributed by atoms with Crippen LogP contribution >= 0.6 is 0 Å². The number of anilines is 1. The smallest absolute Gasteiger partial charge is 0.221 e. The number of nitrogens with one attached hydrogen (secondary N) is 3. The Morgan fingerprint density at radius 3 is 2.91 bits per heavy atom. The predicted octanol–water partition coefficient (Wildman–Crippen LogP) is 1.63. The third-order valence-corrected chi connectivity index (χ3v) is 4.36. The number of rotatable bonds is 4. The Morgan fingerprint density at radius 2 is 2.26 bits per heavy atom. The minimum absolute atomic E-state index is 0.0659. The van der Waals surface area contributed by atoms with Crippen molar-refractivity contribution in [3.63, 3.8) is 0 Å². The van der Waals surface area contributed by atoms with Crippen LogP contribution in [0.1, 0.15) is 31.7 Å². The summed E-state index contributed by atoms with van der Waals surface area (Å²) in [5, 5.41) is 9.58. The normalized spacial score (nSPS) is 26.2. The molecular formula is C17H24N4O2. The molecule has 0 saturated carbocycles. The highest BCUT2D eigenvalue weighted by Crippen LogP contribution is 2.34. The Morgan fingerprint density at radius 1 is 1.39 bits per heavy atom. The monoisotopic (exact) mass is 316 g/mol. The van der Waals surface area contributed by atoms with E-state index in [0.717, 1.165) is 30.1 Å². The highest BCUT2D eigenvalue weighted by molar-refractivity contribution is 5.88. The molecule has 1 aromatic rings. The zero-order valence-electron chi connectivity index (χ0n) is 13.6. The molecule has 3 N–H and O–H groups in total. The van der Waals surface area contributed by atoms with Gasteiger partial charge in [-0.05, 0) is 37.0 Å². The average molecular weight is 316 g/mol. The van der Waals surface area contributed by atoms with Gasteiger partial charge in [-0.3, -0.25) is 9.79 Å². The summed E-state index contributed by atoms with van der Waals surface area (Å²) >= 11 is 0. The van der Waals surface area contributed by atoms with E-state index in [-0.39, 0.29) is 5.91 Å². The number of guanidine groups is 1. The lowest BCUT2D eigenvalue weighted by Gasteiger charge is -2.22. The Hall–Kier alpha value is -2.08. The maximum Gasteiger partial charge on any atom is 0.221 e. The largest absolute Gasteiger partial charge is 0.373 e. The molecule has 3 rings (SSSR count). The summed E-state index contributed by atoms with van der Waals surface area (Å²) in [6, 6.07) is 8.15. The van der Waals surface area contributed by atoms with E-state index in [0.29, 0.717) is 24.8 Å². The van der Waals surface area contributed by atoms with Crippen molar-refractivity contribution < 1.29 is 9.53 Å². The van der Waals surface area contributed by atoms with Gasteiger partial charge in [0.25, 0.3) is 0 Å². The lowest BCUT2D eigenvalue weighted by atomic mass is 9.96. The SMILES string of the molecule is CN=C(NCc1cccc(NC(C)=O)c1)NC1CC2CCC1O2. The van der Waals surface area contributed by atoms with Gasteiger partial charge in [0.05, 0.1) is 18.2 Å². The van der Waals surface area contributed by atoms with Crippen molar-refractivity contribution in [1.82, 2.24) is 10.6 Å². The molecule has 2 heterocycles. The first-order valence-corrected chi connectivity index (χ1v) is 8.13. The van der Waals surface area contributed by atoms with Crippen molar-refractivity contribution in [2.24, 2.45) is 4.99 Å². The summed E-state index contributed by atoms with van der Waals surface area (Å²) in [5.74, 6) is 0.722. The minimum Gasteiger partial charge on any atom is -0.373 e. The Labute approximate surface area is 136 Å². The van der Waals surface area contributed by atoms with E-state index < -0.39 is 0 Å². The Bertz CT molecular complexity index is 602. The molecule has 6 nitrogen and oxygen atoms in total. The molecule has 2 saturated heterocycles. The molecule has 3 unspecified atom stereocenters. The van der Waals surface area contributed by atoms with Gasteiger partial charge in [-0.15, -0.1) is 0 Å². The number of ether oxygens (including phenoxy) is 1. The third-order valence-electron chi connectivity index (χ3n) is 4.36. The van der Waals surface area contributed by atoms with E-state index in [1.807, 2.05) is 24.3 Å². The van der Waals surface area contributed by atoms with Crippen molar-refractivity contribution in [2.75, 3.05) is 12.4 Å². The highest BCUT2D eigenvalue weighted by Gasteiger charge is 2.41. The summed E-state index contributed by atoms with van der Waals surface area (Å²) in [6.07, 6.45) is 4.12. The summed E-state index contributed by atoms with van der Waals surface area (Å²) in [7, 11) is 1.77. The molecule has 0 aromatic heterocycles. The molecule has 0 spiro atoms. The lowest BCUT2D eigenvalue weighted by Crippen LogP contribution is -2.47. The van der Waals surface area contributed by atoms with Crippen LogP contribution in [-0.2, 0) is 16.1 Å². The number of hydrogen-bond acceptors (Lipinski definition) is 3. The van der Waals surface area contributed by atoms with Crippen molar-refractivity contribution in [3.05, 3.63) is 29.8 Å². The second kappa shape index (κ2) is 7.00. The van der Waals surface area contributed by atoms with Crippen LogP contribution in [0.3, 0.4) is 0 Å². The first-order valence-electron chi connectivity index (χ1n) is 8.13. The predicted molar refractivity (Wildman–Crippen MR) is 90.4 cm³/mol. The number of fused-ring (bicyclic) bond motifs is 2. The molecule has 23 heavy (non-hydrogen) atoms. The molecule has 1 amide bonds. The number of amides is 1. The van der Waals surface area contributed by atoms with E-state index in [1.165, 1.54) is 13.3 Å². The molecule has 2 aliphatic heterocycles. The summed E-state index contributed by atoms with van der Waals surface area (Å²) in [5.41, 5.74) is 1.89. The van der Waals surface area contributed by atoms with Gasteiger partial charge in [0.1, 0.15) is 0 Å². The fraction of sp³-hybridized carbons (Fsp3) is 0.529. The number of carbonyl (C=O) groups is 1. The first kappa shape index (κ1) is 15.8. The molecule has 0 radical (unpaired) electrons. The molecule has 2 fully saturated rings. The van der Waals surface area contributed by atoms with Crippen LogP contribution in [-0.4, -0.2) is 37.2 Å². The highest BCUT2D eigenvalue weighted by atomic mass is 16.5. The van der Waals surface area contributed by atoms with Gasteiger partial charge in [0.15, 0.2) is 5.96 Å². The van der Waals surface area contributed by atoms with Crippen molar-refractivity contribution in [2.45, 2.75) is 51.0 Å². The summed E-state index contributed by atoms with van der Waals surface area (Å²) in [6.45, 7) is 2.16. The third kappa shape index (κ3) is 4.01. The fourth-order valence-corrected chi connectivity index (χ4v) is 3.31. The standard InChI is InChI=1S/C17H24N4O2/c1-11(22)20-13-5-3-4-12(8-13)10-19-17(18-2)21-15-9-14-6-7-16(15)23-14/h3-5,8,14-16H,6-7,9-10H2,1-2H3,(H,20,22)(H2,18,19,21). The van der Waals surface area contributed by atoms with Crippen LogP contribution in [0.5, 0.6) is 0 Å². The van der Waals surface area contributed by atoms with Gasteiger partial charge in [-0.25, -0.2) is 0 Å². The van der Waals surface area contributed by atoms with Gasteiger partial charge < -0.3 is 20.7 Å². The van der Waals surface area contributed by atoms with Crippen LogP contribution in [0, 0.1) is 0 Å². The quantitative estimate of drug-likeness (QED) is 0.583. The first-order chi connectivity index (χ1) is 11.1. The van der Waals surface area contributed by atoms with Crippen LogP contribution in [0.4, 0.5) is 5.69 Å². The number of hydrogen-bond donors (Lipinski definition) is 3. The van der Waals surface area contributed by atoms with E-state index in [9.17, 15) is 4.79 Å². The fourth-order valence-electron chi connectivity index (χ4n) is 3.31. The van der Waals surface area contributed by atoms with Crippen LogP contribution in [0.25, 0.3) is 0 Å². The Balaban J connectivity index is 1.53. The molecule has 3 atom stereocenters. The van der Waals surface area contributed by atoms with Crippen molar-refractivity contribution in [1.29, 1.82) is 0 Å². The lowest BCUT2D eigenvalue weighted by molar-refractivity contribution is -0.114.